The van der Waals surface area contributed by atoms with Gasteiger partial charge in [-0.3, -0.25) is 4.57 Å². The normalized spacial score (nSPS) is 10.6. The molecule has 94 valence electrons. The number of hydrogen-bond acceptors (Lipinski definition) is 3. The highest BCUT2D eigenvalue weighted by molar-refractivity contribution is 9.10. The molecule has 0 aliphatic carbocycles. The molecule has 6 heteroatoms. The third kappa shape index (κ3) is 2.39. The van der Waals surface area contributed by atoms with E-state index in [0.29, 0.717) is 10.8 Å². The van der Waals surface area contributed by atoms with E-state index < -0.39 is 0 Å². The van der Waals surface area contributed by atoms with Gasteiger partial charge >= 0.3 is 0 Å². The Bertz CT molecular complexity index is 726. The van der Waals surface area contributed by atoms with E-state index in [2.05, 4.69) is 31.1 Å². The highest BCUT2D eigenvalue weighted by Gasteiger charge is 2.12. The zero-order valence-corrected chi connectivity index (χ0v) is 12.0. The summed E-state index contributed by atoms with van der Waals surface area (Å²) in [6, 6.07) is 13.2. The predicted octanol–water partition coefficient (Wildman–Crippen LogP) is 3.75. The van der Waals surface area contributed by atoms with Crippen molar-refractivity contribution in [2.24, 2.45) is 0 Å². The van der Waals surface area contributed by atoms with Crippen molar-refractivity contribution in [3.63, 3.8) is 0 Å². The first-order valence-corrected chi connectivity index (χ1v) is 6.70. The average molecular weight is 336 g/mol. The third-order valence-electron chi connectivity index (χ3n) is 2.60. The summed E-state index contributed by atoms with van der Waals surface area (Å²) in [5.74, 6) is 0.648. The second kappa shape index (κ2) is 5.11. The van der Waals surface area contributed by atoms with Gasteiger partial charge in [0.25, 0.3) is 0 Å². The molecule has 0 unspecified atom stereocenters. The molecule has 0 bridgehead atoms. The smallest absolute Gasteiger partial charge is 0.187 e. The van der Waals surface area contributed by atoms with Crippen LogP contribution in [-0.4, -0.2) is 19.7 Å². The van der Waals surface area contributed by atoms with E-state index in [1.165, 1.54) is 0 Å². The highest BCUT2D eigenvalue weighted by Crippen LogP contribution is 2.25. The lowest BCUT2D eigenvalue weighted by Gasteiger charge is -2.07. The molecule has 0 aliphatic rings. The van der Waals surface area contributed by atoms with Crippen molar-refractivity contribution >= 4 is 27.5 Å². The number of pyridine rings is 1. The van der Waals surface area contributed by atoms with Crippen molar-refractivity contribution in [2.45, 2.75) is 0 Å². The summed E-state index contributed by atoms with van der Waals surface area (Å²) >= 11 is 9.55. The van der Waals surface area contributed by atoms with E-state index in [0.717, 1.165) is 16.0 Å². The molecule has 0 aliphatic heterocycles. The van der Waals surface area contributed by atoms with Crippen molar-refractivity contribution < 1.29 is 0 Å². The molecule has 3 aromatic rings. The number of aromatic nitrogens is 4. The summed E-state index contributed by atoms with van der Waals surface area (Å²) in [5, 5.41) is 8.70. The van der Waals surface area contributed by atoms with Gasteiger partial charge in [-0.15, -0.1) is 10.2 Å². The predicted molar refractivity (Wildman–Crippen MR) is 77.3 cm³/mol. The quantitative estimate of drug-likeness (QED) is 0.670. The molecular formula is C13H8BrClN4. The Morgan fingerprint density at radius 3 is 2.68 bits per heavy atom. The minimum atomic E-state index is 0.638. The molecule has 0 radical (unpaired) electrons. The van der Waals surface area contributed by atoms with Crippen molar-refractivity contribution in [2.75, 3.05) is 0 Å². The van der Waals surface area contributed by atoms with Crippen molar-refractivity contribution in [3.05, 3.63) is 58.4 Å². The van der Waals surface area contributed by atoms with Crippen LogP contribution in [0.25, 0.3) is 17.2 Å². The fourth-order valence-electron chi connectivity index (χ4n) is 1.77. The molecule has 3 rings (SSSR count). The maximum absolute atomic E-state index is 6.20. The highest BCUT2D eigenvalue weighted by atomic mass is 79.9. The Morgan fingerprint density at radius 1 is 1.05 bits per heavy atom. The lowest BCUT2D eigenvalue weighted by Crippen LogP contribution is -1.98. The van der Waals surface area contributed by atoms with Gasteiger partial charge in [0.1, 0.15) is 16.6 Å². The zero-order chi connectivity index (χ0) is 13.2. The van der Waals surface area contributed by atoms with Gasteiger partial charge in [0.15, 0.2) is 5.82 Å². The molecule has 0 saturated carbocycles. The van der Waals surface area contributed by atoms with Gasteiger partial charge in [-0.25, -0.2) is 4.98 Å². The zero-order valence-electron chi connectivity index (χ0n) is 9.66. The molecule has 0 fully saturated rings. The first-order chi connectivity index (χ1) is 9.25. The van der Waals surface area contributed by atoms with Crippen LogP contribution in [0.4, 0.5) is 0 Å². The lowest BCUT2D eigenvalue weighted by atomic mass is 10.3. The number of halogens is 2. The number of para-hydroxylation sites is 1. The summed E-state index contributed by atoms with van der Waals surface area (Å²) < 4.78 is 2.57. The summed E-state index contributed by atoms with van der Waals surface area (Å²) in [5.41, 5.74) is 1.55. The average Bonchev–Trinajstić information content (AvgIpc) is 2.88. The number of hydrogen-bond donors (Lipinski definition) is 0. The second-order valence-electron chi connectivity index (χ2n) is 3.82. The Balaban J connectivity index is 2.16. The fourth-order valence-corrected chi connectivity index (χ4v) is 2.34. The van der Waals surface area contributed by atoms with Crippen molar-refractivity contribution in [1.29, 1.82) is 0 Å². The molecule has 19 heavy (non-hydrogen) atoms. The summed E-state index contributed by atoms with van der Waals surface area (Å²) in [6.45, 7) is 0. The van der Waals surface area contributed by atoms with Gasteiger partial charge < -0.3 is 0 Å². The molecular weight excluding hydrogens is 328 g/mol. The summed E-state index contributed by atoms with van der Waals surface area (Å²) in [6.07, 6.45) is 1.62. The van der Waals surface area contributed by atoms with E-state index in [4.69, 9.17) is 11.6 Å². The molecule has 4 nitrogen and oxygen atoms in total. The molecule has 0 N–H and O–H groups in total. The van der Waals surface area contributed by atoms with Crippen molar-refractivity contribution in [3.8, 4) is 17.2 Å². The van der Waals surface area contributed by atoms with Crippen molar-refractivity contribution in [1.82, 2.24) is 19.7 Å². The van der Waals surface area contributed by atoms with Gasteiger partial charge in [-0.2, -0.15) is 0 Å². The maximum Gasteiger partial charge on any atom is 0.187 e. The maximum atomic E-state index is 6.20. The summed E-state index contributed by atoms with van der Waals surface area (Å²) in [7, 11) is 0. The first-order valence-electron chi connectivity index (χ1n) is 5.53. The van der Waals surface area contributed by atoms with Gasteiger partial charge in [0.2, 0.25) is 0 Å². The topological polar surface area (TPSA) is 43.6 Å². The van der Waals surface area contributed by atoms with E-state index in [1.54, 1.807) is 6.33 Å². The molecule has 2 heterocycles. The van der Waals surface area contributed by atoms with Crippen LogP contribution in [0.3, 0.4) is 0 Å². The number of nitrogens with zero attached hydrogens (tertiary/aromatic N) is 4. The Labute approximate surface area is 123 Å². The number of rotatable bonds is 2. The standard InChI is InChI=1S/C13H8BrClN4/c14-12-7-3-5-10(17-12)13-18-16-8-19(13)11-6-2-1-4-9(11)15/h1-8H. The largest absolute Gasteiger partial charge is 0.279 e. The third-order valence-corrected chi connectivity index (χ3v) is 3.37. The first kappa shape index (κ1) is 12.3. The van der Waals surface area contributed by atoms with Gasteiger partial charge in [0.05, 0.1) is 10.7 Å². The molecule has 0 spiro atoms. The van der Waals surface area contributed by atoms with E-state index in [9.17, 15) is 0 Å². The monoisotopic (exact) mass is 334 g/mol. The molecule has 0 saturated heterocycles. The lowest BCUT2D eigenvalue weighted by molar-refractivity contribution is 1.05. The van der Waals surface area contributed by atoms with Crippen LogP contribution in [-0.2, 0) is 0 Å². The fraction of sp³-hybridized carbons (Fsp3) is 0. The summed E-state index contributed by atoms with van der Waals surface area (Å²) in [4.78, 5) is 4.38. The van der Waals surface area contributed by atoms with Crippen LogP contribution in [0.15, 0.2) is 53.4 Å². The van der Waals surface area contributed by atoms with E-state index in [1.807, 2.05) is 47.0 Å². The molecule has 0 atom stereocenters. The van der Waals surface area contributed by atoms with Gasteiger partial charge in [-0.05, 0) is 40.2 Å². The Kier molecular flexibility index (Phi) is 3.31. The Hall–Kier alpha value is -1.72. The molecule has 2 aromatic heterocycles. The van der Waals surface area contributed by atoms with Crippen LogP contribution in [0.2, 0.25) is 5.02 Å². The van der Waals surface area contributed by atoms with Crippen LogP contribution in [0.5, 0.6) is 0 Å². The van der Waals surface area contributed by atoms with Crippen LogP contribution >= 0.6 is 27.5 Å². The SMILES string of the molecule is Clc1ccccc1-n1cnnc1-c1cccc(Br)n1. The second-order valence-corrected chi connectivity index (χ2v) is 5.04. The number of benzene rings is 1. The van der Waals surface area contributed by atoms with Crippen LogP contribution < -0.4 is 0 Å². The van der Waals surface area contributed by atoms with Gasteiger partial charge in [0, 0.05) is 0 Å². The minimum absolute atomic E-state index is 0.638. The van der Waals surface area contributed by atoms with Crippen LogP contribution in [0.1, 0.15) is 0 Å². The molecule has 1 aromatic carbocycles. The van der Waals surface area contributed by atoms with Gasteiger partial charge in [-0.1, -0.05) is 29.8 Å². The Morgan fingerprint density at radius 2 is 1.89 bits per heavy atom. The van der Waals surface area contributed by atoms with E-state index >= 15 is 0 Å². The molecule has 0 amide bonds. The van der Waals surface area contributed by atoms with E-state index in [-0.39, 0.29) is 0 Å². The minimum Gasteiger partial charge on any atom is -0.279 e. The van der Waals surface area contributed by atoms with Crippen LogP contribution in [0, 0.1) is 0 Å².